The molecule has 0 saturated heterocycles. The first-order chi connectivity index (χ1) is 18.9. The lowest BCUT2D eigenvalue weighted by Crippen LogP contribution is -2.54. The maximum Gasteiger partial charge on any atom is 0.408 e. The van der Waals surface area contributed by atoms with Crippen LogP contribution >= 0.6 is 23.5 Å². The van der Waals surface area contributed by atoms with Crippen LogP contribution in [0.15, 0.2) is 0 Å². The van der Waals surface area contributed by atoms with Crippen LogP contribution in [0.2, 0.25) is 0 Å². The Balaban J connectivity index is 0. The van der Waals surface area contributed by atoms with Crippen LogP contribution in [0, 0.1) is 0 Å². The summed E-state index contributed by atoms with van der Waals surface area (Å²) in [6.07, 6.45) is 2.95. The minimum absolute atomic E-state index is 0.351. The van der Waals surface area contributed by atoms with E-state index < -0.39 is 59.4 Å². The van der Waals surface area contributed by atoms with Crippen LogP contribution in [0.25, 0.3) is 0 Å². The highest BCUT2D eigenvalue weighted by Crippen LogP contribution is 2.12. The van der Waals surface area contributed by atoms with Gasteiger partial charge in [0, 0.05) is 6.92 Å². The summed E-state index contributed by atoms with van der Waals surface area (Å²) in [7, 11) is 1.18. The zero-order valence-electron chi connectivity index (χ0n) is 25.7. The van der Waals surface area contributed by atoms with Crippen LogP contribution in [-0.4, -0.2) is 103 Å². The third-order valence-corrected chi connectivity index (χ3v) is 5.67. The van der Waals surface area contributed by atoms with Crippen molar-refractivity contribution < 1.29 is 47.7 Å². The number of hydrogen-bond donors (Lipinski definition) is 3. The Morgan fingerprint density at radius 1 is 0.829 bits per heavy atom. The SMILES string of the molecule is COC(=O)CNC(=O)C(OC(C)=O)C(CCSC)NC(=O)OC(C)(C)C.CSCCC(C=O)NC(=O)OC(C)(C)C. The monoisotopic (exact) mass is 625 g/mol. The molecule has 0 aromatic rings. The van der Waals surface area contributed by atoms with Gasteiger partial charge in [-0.25, -0.2) is 9.59 Å². The third kappa shape index (κ3) is 23.7. The van der Waals surface area contributed by atoms with E-state index in [0.717, 1.165) is 19.0 Å². The summed E-state index contributed by atoms with van der Waals surface area (Å²) < 4.78 is 19.8. The lowest BCUT2D eigenvalue weighted by atomic mass is 10.1. The molecule has 0 spiro atoms. The topological polar surface area (TPSA) is 175 Å². The van der Waals surface area contributed by atoms with Gasteiger partial charge in [-0.05, 0) is 78.4 Å². The average Bonchev–Trinajstić information content (AvgIpc) is 2.83. The molecule has 0 aromatic carbocycles. The van der Waals surface area contributed by atoms with Crippen LogP contribution in [0.5, 0.6) is 0 Å². The Hall–Kier alpha value is -2.68. The zero-order chi connectivity index (χ0) is 32.2. The van der Waals surface area contributed by atoms with E-state index in [9.17, 15) is 28.8 Å². The van der Waals surface area contributed by atoms with Gasteiger partial charge in [0.15, 0.2) is 6.10 Å². The molecule has 3 unspecified atom stereocenters. The maximum atomic E-state index is 12.4. The largest absolute Gasteiger partial charge is 0.468 e. The van der Waals surface area contributed by atoms with Gasteiger partial charge in [0.1, 0.15) is 24.0 Å². The summed E-state index contributed by atoms with van der Waals surface area (Å²) in [5.41, 5.74) is -1.25. The summed E-state index contributed by atoms with van der Waals surface area (Å²) >= 11 is 3.14. The number of nitrogens with one attached hydrogen (secondary N) is 3. The molecule has 0 heterocycles. The van der Waals surface area contributed by atoms with Gasteiger partial charge < -0.3 is 39.7 Å². The number of alkyl carbamates (subject to hydrolysis) is 2. The second-order valence-corrected chi connectivity index (χ2v) is 12.5. The minimum Gasteiger partial charge on any atom is -0.468 e. The zero-order valence-corrected chi connectivity index (χ0v) is 27.4. The number of thioether (sulfide) groups is 2. The van der Waals surface area contributed by atoms with Gasteiger partial charge in [0.05, 0.1) is 19.2 Å². The molecular weight excluding hydrogens is 578 g/mol. The molecule has 3 N–H and O–H groups in total. The smallest absolute Gasteiger partial charge is 0.408 e. The second-order valence-electron chi connectivity index (χ2n) is 10.5. The fourth-order valence-electron chi connectivity index (χ4n) is 2.71. The van der Waals surface area contributed by atoms with Crippen LogP contribution < -0.4 is 16.0 Å². The summed E-state index contributed by atoms with van der Waals surface area (Å²) in [5, 5.41) is 7.41. The van der Waals surface area contributed by atoms with Crippen molar-refractivity contribution in [2.75, 3.05) is 37.7 Å². The normalized spacial score (nSPS) is 13.1. The van der Waals surface area contributed by atoms with E-state index in [1.165, 1.54) is 18.9 Å². The van der Waals surface area contributed by atoms with Crippen molar-refractivity contribution >= 4 is 59.8 Å². The highest BCUT2D eigenvalue weighted by molar-refractivity contribution is 7.98. The number of aldehydes is 1. The maximum absolute atomic E-state index is 12.4. The quantitative estimate of drug-likeness (QED) is 0.146. The van der Waals surface area contributed by atoms with E-state index in [1.807, 2.05) is 12.5 Å². The van der Waals surface area contributed by atoms with Gasteiger partial charge in [0.25, 0.3) is 5.91 Å². The lowest BCUT2D eigenvalue weighted by Gasteiger charge is -2.28. The number of carbonyl (C=O) groups excluding carboxylic acids is 6. The van der Waals surface area contributed by atoms with Crippen molar-refractivity contribution in [3.63, 3.8) is 0 Å². The van der Waals surface area contributed by atoms with E-state index in [2.05, 4.69) is 20.7 Å². The molecule has 0 radical (unpaired) electrons. The van der Waals surface area contributed by atoms with Gasteiger partial charge in [-0.3, -0.25) is 14.4 Å². The van der Waals surface area contributed by atoms with Crippen molar-refractivity contribution in [1.29, 1.82) is 0 Å². The summed E-state index contributed by atoms with van der Waals surface area (Å²) in [6.45, 7) is 11.2. The van der Waals surface area contributed by atoms with Gasteiger partial charge in [0.2, 0.25) is 0 Å². The minimum atomic E-state index is -1.31. The lowest BCUT2D eigenvalue weighted by molar-refractivity contribution is -0.156. The van der Waals surface area contributed by atoms with Crippen molar-refractivity contribution in [3.05, 3.63) is 0 Å². The molecule has 0 aromatic heterocycles. The van der Waals surface area contributed by atoms with Crippen molar-refractivity contribution in [2.24, 2.45) is 0 Å². The Bertz CT molecular complexity index is 844. The molecule has 15 heteroatoms. The molecule has 0 bridgehead atoms. The standard InChI is InChI=1S/C16H28N2O7S.C10H19NO3S/c1-10(19)24-13(14(21)17-9-12(20)23-5)11(7-8-26-6)18-15(22)25-16(2,3)4;1-10(2,3)14-9(13)11-8(7-12)5-6-15-4/h11,13H,7-9H2,1-6H3,(H,17,21)(H,18,22);7-8H,5-6H2,1-4H3,(H,11,13). The summed E-state index contributed by atoms with van der Waals surface area (Å²) in [5.74, 6) is -0.626. The molecular formula is C26H47N3O10S2. The average molecular weight is 626 g/mol. The second kappa shape index (κ2) is 21.1. The van der Waals surface area contributed by atoms with Crippen LogP contribution in [-0.2, 0) is 38.1 Å². The molecule has 3 atom stereocenters. The van der Waals surface area contributed by atoms with E-state index in [4.69, 9.17) is 14.2 Å². The summed E-state index contributed by atoms with van der Waals surface area (Å²) in [6, 6.07) is -1.27. The van der Waals surface area contributed by atoms with E-state index in [0.29, 0.717) is 18.6 Å². The number of rotatable bonds is 14. The molecule has 0 aliphatic heterocycles. The highest BCUT2D eigenvalue weighted by Gasteiger charge is 2.33. The molecule has 0 fully saturated rings. The van der Waals surface area contributed by atoms with Crippen LogP contribution in [0.3, 0.4) is 0 Å². The highest BCUT2D eigenvalue weighted by atomic mass is 32.2. The number of ether oxygens (including phenoxy) is 4. The van der Waals surface area contributed by atoms with Crippen molar-refractivity contribution in [2.45, 2.75) is 90.7 Å². The number of amides is 3. The predicted molar refractivity (Wildman–Crippen MR) is 159 cm³/mol. The Morgan fingerprint density at radius 2 is 1.32 bits per heavy atom. The fraction of sp³-hybridized carbons (Fsp3) is 0.769. The van der Waals surface area contributed by atoms with Gasteiger partial charge in [-0.1, -0.05) is 0 Å². The first kappa shape index (κ1) is 40.5. The third-order valence-electron chi connectivity index (χ3n) is 4.39. The molecule has 0 aliphatic rings. The van der Waals surface area contributed by atoms with E-state index >= 15 is 0 Å². The molecule has 0 aliphatic carbocycles. The molecule has 238 valence electrons. The van der Waals surface area contributed by atoms with Crippen molar-refractivity contribution in [1.82, 2.24) is 16.0 Å². The molecule has 0 saturated carbocycles. The number of methoxy groups -OCH3 is 1. The van der Waals surface area contributed by atoms with E-state index in [-0.39, 0.29) is 6.54 Å². The van der Waals surface area contributed by atoms with Crippen LogP contribution in [0.1, 0.15) is 61.3 Å². The summed E-state index contributed by atoms with van der Waals surface area (Å²) in [4.78, 5) is 69.0. The Morgan fingerprint density at radius 3 is 1.73 bits per heavy atom. The first-order valence-corrected chi connectivity index (χ1v) is 15.6. The van der Waals surface area contributed by atoms with Gasteiger partial charge in [-0.15, -0.1) is 0 Å². The van der Waals surface area contributed by atoms with Gasteiger partial charge in [-0.2, -0.15) is 23.5 Å². The number of esters is 2. The van der Waals surface area contributed by atoms with E-state index in [1.54, 1.807) is 53.3 Å². The Labute approximate surface area is 251 Å². The molecule has 13 nitrogen and oxygen atoms in total. The van der Waals surface area contributed by atoms with Gasteiger partial charge >= 0.3 is 24.1 Å². The molecule has 41 heavy (non-hydrogen) atoms. The fourth-order valence-corrected chi connectivity index (χ4v) is 3.69. The predicted octanol–water partition coefficient (Wildman–Crippen LogP) is 2.69. The van der Waals surface area contributed by atoms with Crippen molar-refractivity contribution in [3.8, 4) is 0 Å². The molecule has 0 rings (SSSR count). The number of hydrogen-bond acceptors (Lipinski definition) is 12. The van der Waals surface area contributed by atoms with Crippen LogP contribution in [0.4, 0.5) is 9.59 Å². The number of carbonyl (C=O) groups is 6. The Kier molecular flexibility index (Phi) is 20.8. The first-order valence-electron chi connectivity index (χ1n) is 12.8. The molecule has 3 amide bonds.